The highest BCUT2D eigenvalue weighted by Gasteiger charge is 2.18. The molecule has 3 heterocycles. The van der Waals surface area contributed by atoms with Crippen LogP contribution < -0.4 is 10.9 Å². The minimum absolute atomic E-state index is 0.0543. The van der Waals surface area contributed by atoms with Gasteiger partial charge in [-0.25, -0.2) is 4.98 Å². The van der Waals surface area contributed by atoms with Crippen LogP contribution >= 0.6 is 0 Å². The van der Waals surface area contributed by atoms with Crippen molar-refractivity contribution in [2.24, 2.45) is 5.92 Å². The van der Waals surface area contributed by atoms with Crippen molar-refractivity contribution < 1.29 is 4.79 Å². The highest BCUT2D eigenvalue weighted by molar-refractivity contribution is 5.93. The van der Waals surface area contributed by atoms with E-state index in [0.29, 0.717) is 12.2 Å². The number of hydrogen-bond acceptors (Lipinski definition) is 4. The molecule has 1 aromatic carbocycles. The van der Waals surface area contributed by atoms with Crippen molar-refractivity contribution in [2.75, 3.05) is 13.1 Å². The molecular weight excluding hydrogens is 376 g/mol. The number of piperidine rings is 1. The molecule has 0 saturated carbocycles. The molecule has 1 amide bonds. The first-order valence-corrected chi connectivity index (χ1v) is 10.6. The van der Waals surface area contributed by atoms with E-state index in [1.807, 2.05) is 37.3 Å². The average Bonchev–Trinajstić information content (AvgIpc) is 2.73. The normalized spacial score (nSPS) is 17.2. The minimum atomic E-state index is -0.399. The van der Waals surface area contributed by atoms with Gasteiger partial charge in [-0.3, -0.25) is 18.9 Å². The zero-order valence-electron chi connectivity index (χ0n) is 17.6. The number of hydrogen-bond donors (Lipinski definition) is 1. The predicted molar refractivity (Wildman–Crippen MR) is 117 cm³/mol. The van der Waals surface area contributed by atoms with Gasteiger partial charge in [-0.05, 0) is 61.1 Å². The van der Waals surface area contributed by atoms with Crippen LogP contribution in [0.5, 0.6) is 0 Å². The molecule has 0 aliphatic carbocycles. The number of amides is 1. The van der Waals surface area contributed by atoms with Crippen LogP contribution in [0.1, 0.15) is 46.8 Å². The smallest absolute Gasteiger partial charge is 0.270 e. The summed E-state index contributed by atoms with van der Waals surface area (Å²) >= 11 is 0. The van der Waals surface area contributed by atoms with Crippen LogP contribution in [-0.4, -0.2) is 33.3 Å². The molecule has 0 unspecified atom stereocenters. The Labute approximate surface area is 176 Å². The lowest BCUT2D eigenvalue weighted by molar-refractivity contribution is 0.0948. The number of nitrogens with zero attached hydrogens (tertiary/aromatic N) is 3. The van der Waals surface area contributed by atoms with Crippen molar-refractivity contribution in [3.8, 4) is 0 Å². The second-order valence-corrected chi connectivity index (χ2v) is 8.34. The Kier molecular flexibility index (Phi) is 5.95. The van der Waals surface area contributed by atoms with E-state index in [0.717, 1.165) is 36.7 Å². The molecule has 3 aromatic rings. The van der Waals surface area contributed by atoms with E-state index in [1.54, 1.807) is 6.20 Å². The zero-order chi connectivity index (χ0) is 21.1. The fraction of sp³-hybridized carbons (Fsp3) is 0.375. The molecule has 1 saturated heterocycles. The van der Waals surface area contributed by atoms with Gasteiger partial charge in [0, 0.05) is 32.0 Å². The quantitative estimate of drug-likeness (QED) is 0.709. The number of carbonyl (C=O) groups excluding carboxylic acids is 1. The van der Waals surface area contributed by atoms with Crippen molar-refractivity contribution in [2.45, 2.75) is 39.8 Å². The van der Waals surface area contributed by atoms with Crippen LogP contribution in [0.25, 0.3) is 5.65 Å². The number of benzene rings is 1. The molecule has 2 aromatic heterocycles. The third-order valence-corrected chi connectivity index (χ3v) is 5.80. The summed E-state index contributed by atoms with van der Waals surface area (Å²) < 4.78 is 1.41. The van der Waals surface area contributed by atoms with Gasteiger partial charge in [0.25, 0.3) is 11.5 Å². The van der Waals surface area contributed by atoms with Crippen LogP contribution in [0.15, 0.2) is 53.6 Å². The Morgan fingerprint density at radius 1 is 1.23 bits per heavy atom. The largest absolute Gasteiger partial charge is 0.348 e. The van der Waals surface area contributed by atoms with Crippen molar-refractivity contribution in [1.29, 1.82) is 0 Å². The standard InChI is InChI=1S/C24H28N4O2/c1-17-9-11-28-22(12-17)25-14-21(24(28)30)23(29)26-13-19-7-3-4-8-20(19)16-27-10-5-6-18(2)15-27/h3-4,7-9,11-12,14,18H,5-6,10,13,15-16H2,1-2H3,(H,26,29)/t18-/m1/s1. The van der Waals surface area contributed by atoms with Gasteiger partial charge >= 0.3 is 0 Å². The molecule has 156 valence electrons. The van der Waals surface area contributed by atoms with E-state index in [1.165, 1.54) is 29.0 Å². The Balaban J connectivity index is 1.48. The van der Waals surface area contributed by atoms with Crippen LogP contribution in [0.3, 0.4) is 0 Å². The summed E-state index contributed by atoms with van der Waals surface area (Å²) in [4.78, 5) is 32.2. The van der Waals surface area contributed by atoms with E-state index in [2.05, 4.69) is 28.2 Å². The molecule has 6 heteroatoms. The first-order valence-electron chi connectivity index (χ1n) is 10.6. The minimum Gasteiger partial charge on any atom is -0.348 e. The van der Waals surface area contributed by atoms with Crippen LogP contribution in [0.2, 0.25) is 0 Å². The number of rotatable bonds is 5. The molecule has 0 bridgehead atoms. The molecule has 30 heavy (non-hydrogen) atoms. The SMILES string of the molecule is Cc1ccn2c(=O)c(C(=O)NCc3ccccc3CN3CCC[C@@H](C)C3)cnc2c1. The molecule has 1 aliphatic rings. The summed E-state index contributed by atoms with van der Waals surface area (Å²) in [6.45, 7) is 7.73. The number of fused-ring (bicyclic) bond motifs is 1. The monoisotopic (exact) mass is 404 g/mol. The molecule has 4 rings (SSSR count). The molecule has 0 spiro atoms. The van der Waals surface area contributed by atoms with Gasteiger partial charge in [0.2, 0.25) is 0 Å². The summed E-state index contributed by atoms with van der Waals surface area (Å²) in [6.07, 6.45) is 5.56. The van der Waals surface area contributed by atoms with Crippen molar-refractivity contribution >= 4 is 11.6 Å². The maximum absolute atomic E-state index is 12.7. The summed E-state index contributed by atoms with van der Waals surface area (Å²) in [7, 11) is 0. The molecule has 1 aliphatic heterocycles. The Morgan fingerprint density at radius 2 is 2.03 bits per heavy atom. The van der Waals surface area contributed by atoms with Gasteiger partial charge < -0.3 is 5.32 Å². The average molecular weight is 405 g/mol. The van der Waals surface area contributed by atoms with Gasteiger partial charge in [0.15, 0.2) is 0 Å². The van der Waals surface area contributed by atoms with Gasteiger partial charge in [0.05, 0.1) is 0 Å². The topological polar surface area (TPSA) is 66.7 Å². The predicted octanol–water partition coefficient (Wildman–Crippen LogP) is 3.16. The lowest BCUT2D eigenvalue weighted by Gasteiger charge is -2.31. The second kappa shape index (κ2) is 8.79. The van der Waals surface area contributed by atoms with Crippen molar-refractivity contribution in [1.82, 2.24) is 19.6 Å². The summed E-state index contributed by atoms with van der Waals surface area (Å²) in [5.74, 6) is 0.326. The van der Waals surface area contributed by atoms with Gasteiger partial charge in [-0.2, -0.15) is 0 Å². The van der Waals surface area contributed by atoms with E-state index in [4.69, 9.17) is 0 Å². The number of likely N-dealkylation sites (tertiary alicyclic amines) is 1. The van der Waals surface area contributed by atoms with E-state index in [-0.39, 0.29) is 11.1 Å². The number of nitrogens with one attached hydrogen (secondary N) is 1. The van der Waals surface area contributed by atoms with Gasteiger partial charge in [-0.1, -0.05) is 31.2 Å². The van der Waals surface area contributed by atoms with E-state index < -0.39 is 5.91 Å². The summed E-state index contributed by atoms with van der Waals surface area (Å²) in [5, 5.41) is 2.91. The van der Waals surface area contributed by atoms with Crippen LogP contribution in [-0.2, 0) is 13.1 Å². The first kappa shape index (κ1) is 20.3. The number of pyridine rings is 1. The molecule has 1 atom stereocenters. The first-order chi connectivity index (χ1) is 14.5. The number of carbonyl (C=O) groups is 1. The van der Waals surface area contributed by atoms with E-state index in [9.17, 15) is 9.59 Å². The van der Waals surface area contributed by atoms with Crippen LogP contribution in [0.4, 0.5) is 0 Å². The third-order valence-electron chi connectivity index (χ3n) is 5.80. The third kappa shape index (κ3) is 4.44. The highest BCUT2D eigenvalue weighted by atomic mass is 16.2. The zero-order valence-corrected chi connectivity index (χ0v) is 17.6. The maximum atomic E-state index is 12.7. The van der Waals surface area contributed by atoms with Crippen molar-refractivity contribution in [3.63, 3.8) is 0 Å². The number of aryl methyl sites for hydroxylation is 1. The van der Waals surface area contributed by atoms with Gasteiger partial charge in [-0.15, -0.1) is 0 Å². The maximum Gasteiger partial charge on any atom is 0.270 e. The van der Waals surface area contributed by atoms with E-state index >= 15 is 0 Å². The molecule has 1 fully saturated rings. The molecule has 6 nitrogen and oxygen atoms in total. The lowest BCUT2D eigenvalue weighted by Crippen LogP contribution is -2.34. The fourth-order valence-corrected chi connectivity index (χ4v) is 4.16. The van der Waals surface area contributed by atoms with Crippen LogP contribution in [0, 0.1) is 12.8 Å². The number of aromatic nitrogens is 2. The highest BCUT2D eigenvalue weighted by Crippen LogP contribution is 2.19. The lowest BCUT2D eigenvalue weighted by atomic mass is 9.99. The molecular formula is C24H28N4O2. The summed E-state index contributed by atoms with van der Waals surface area (Å²) in [5.41, 5.74) is 3.55. The Hall–Kier alpha value is -2.99. The molecule has 0 radical (unpaired) electrons. The van der Waals surface area contributed by atoms with Gasteiger partial charge in [0.1, 0.15) is 11.2 Å². The second-order valence-electron chi connectivity index (χ2n) is 8.34. The Morgan fingerprint density at radius 3 is 2.83 bits per heavy atom. The molecule has 1 N–H and O–H groups in total. The summed E-state index contributed by atoms with van der Waals surface area (Å²) in [6, 6.07) is 11.8. The fourth-order valence-electron chi connectivity index (χ4n) is 4.16. The van der Waals surface area contributed by atoms with Crippen molar-refractivity contribution in [3.05, 3.63) is 81.4 Å². The Bertz CT molecular complexity index is 1120.